The van der Waals surface area contributed by atoms with Gasteiger partial charge in [-0.2, -0.15) is 4.31 Å². The van der Waals surface area contributed by atoms with E-state index < -0.39 is 10.0 Å². The molecule has 0 bridgehead atoms. The van der Waals surface area contributed by atoms with Crippen molar-refractivity contribution in [3.63, 3.8) is 0 Å². The molecule has 8 nitrogen and oxygen atoms in total. The molecular weight excluding hydrogens is 370 g/mol. The van der Waals surface area contributed by atoms with E-state index in [0.717, 1.165) is 0 Å². The van der Waals surface area contributed by atoms with Crippen molar-refractivity contribution in [2.24, 2.45) is 0 Å². The van der Waals surface area contributed by atoms with Crippen LogP contribution >= 0.6 is 11.6 Å². The molecule has 3 rings (SSSR count). The van der Waals surface area contributed by atoms with E-state index in [4.69, 9.17) is 20.5 Å². The Morgan fingerprint density at radius 1 is 1.20 bits per heavy atom. The van der Waals surface area contributed by atoms with Gasteiger partial charge in [0, 0.05) is 26.2 Å². The Hall–Kier alpha value is -1.84. The summed E-state index contributed by atoms with van der Waals surface area (Å²) in [6.07, 6.45) is 0.517. The number of rotatable bonds is 3. The number of aryl methyl sites for hydroxylation is 2. The lowest BCUT2D eigenvalue weighted by atomic mass is 10.3. The Morgan fingerprint density at radius 3 is 2.56 bits per heavy atom. The quantitative estimate of drug-likeness (QED) is 0.799. The molecule has 1 aliphatic rings. The fourth-order valence-electron chi connectivity index (χ4n) is 2.89. The third kappa shape index (κ3) is 3.44. The van der Waals surface area contributed by atoms with Crippen LogP contribution in [0.15, 0.2) is 26.0 Å². The van der Waals surface area contributed by atoms with Crippen molar-refractivity contribution in [3.8, 4) is 0 Å². The number of sulfonamides is 1. The molecule has 0 atom stereocenters. The average Bonchev–Trinajstić information content (AvgIpc) is 3.03. The maximum atomic E-state index is 12.9. The van der Waals surface area contributed by atoms with E-state index in [1.54, 1.807) is 18.7 Å². The standard InChI is InChI=1S/C15H18ClN3O5S/c1-10-14(11(2)24-17-10)25(21,22)19-7-3-6-18(8-9-19)15(20)12-4-5-13(16)23-12/h4-5H,3,6-9H2,1-2H3. The van der Waals surface area contributed by atoms with Crippen LogP contribution in [-0.2, 0) is 10.0 Å². The summed E-state index contributed by atoms with van der Waals surface area (Å²) in [7, 11) is -3.72. The first kappa shape index (κ1) is 18.0. The zero-order chi connectivity index (χ0) is 18.2. The predicted octanol–water partition coefficient (Wildman–Crippen LogP) is 2.07. The largest absolute Gasteiger partial charge is 0.440 e. The van der Waals surface area contributed by atoms with Crippen LogP contribution in [0.1, 0.15) is 28.4 Å². The number of carbonyl (C=O) groups excluding carboxylic acids is 1. The van der Waals surface area contributed by atoms with Gasteiger partial charge >= 0.3 is 0 Å². The van der Waals surface area contributed by atoms with Gasteiger partial charge < -0.3 is 13.8 Å². The lowest BCUT2D eigenvalue weighted by Gasteiger charge is -2.21. The van der Waals surface area contributed by atoms with E-state index >= 15 is 0 Å². The van der Waals surface area contributed by atoms with Crippen LogP contribution in [0.4, 0.5) is 0 Å². The van der Waals surface area contributed by atoms with Gasteiger partial charge in [0.25, 0.3) is 5.91 Å². The molecule has 10 heteroatoms. The van der Waals surface area contributed by atoms with Gasteiger partial charge in [0.15, 0.2) is 16.7 Å². The van der Waals surface area contributed by atoms with E-state index in [0.29, 0.717) is 25.2 Å². The molecule has 0 radical (unpaired) electrons. The molecule has 2 aromatic heterocycles. The highest BCUT2D eigenvalue weighted by atomic mass is 35.5. The molecule has 0 N–H and O–H groups in total. The number of aromatic nitrogens is 1. The van der Waals surface area contributed by atoms with E-state index in [1.165, 1.54) is 16.4 Å². The maximum absolute atomic E-state index is 12.9. The molecule has 136 valence electrons. The second-order valence-corrected chi connectivity index (χ2v) is 8.05. The van der Waals surface area contributed by atoms with Gasteiger partial charge in [-0.05, 0) is 44.0 Å². The molecule has 1 fully saturated rings. The van der Waals surface area contributed by atoms with Crippen molar-refractivity contribution in [3.05, 3.63) is 34.6 Å². The van der Waals surface area contributed by atoms with Crippen molar-refractivity contribution in [2.75, 3.05) is 26.2 Å². The molecular formula is C15H18ClN3O5S. The van der Waals surface area contributed by atoms with Gasteiger partial charge in [-0.25, -0.2) is 8.42 Å². The summed E-state index contributed by atoms with van der Waals surface area (Å²) in [4.78, 5) is 14.1. The molecule has 0 saturated carbocycles. The number of furan rings is 1. The highest BCUT2D eigenvalue weighted by Crippen LogP contribution is 2.24. The van der Waals surface area contributed by atoms with Crippen molar-refractivity contribution in [1.29, 1.82) is 0 Å². The van der Waals surface area contributed by atoms with E-state index in [1.807, 2.05) is 0 Å². The topological polar surface area (TPSA) is 96.9 Å². The maximum Gasteiger partial charge on any atom is 0.289 e. The summed E-state index contributed by atoms with van der Waals surface area (Å²) in [5.74, 6) is 0.107. The first-order valence-corrected chi connectivity index (χ1v) is 9.60. The zero-order valence-electron chi connectivity index (χ0n) is 13.9. The number of nitrogens with zero attached hydrogens (tertiary/aromatic N) is 3. The SMILES string of the molecule is Cc1noc(C)c1S(=O)(=O)N1CCCN(C(=O)c2ccc(Cl)o2)CC1. The zero-order valence-corrected chi connectivity index (χ0v) is 15.4. The molecule has 2 aromatic rings. The predicted molar refractivity (Wildman–Crippen MR) is 89.0 cm³/mol. The fourth-order valence-corrected chi connectivity index (χ4v) is 4.80. The van der Waals surface area contributed by atoms with Crippen molar-refractivity contribution in [1.82, 2.24) is 14.4 Å². The van der Waals surface area contributed by atoms with Crippen LogP contribution in [0.25, 0.3) is 0 Å². The number of halogens is 1. The van der Waals surface area contributed by atoms with Gasteiger partial charge in [-0.15, -0.1) is 0 Å². The summed E-state index contributed by atoms with van der Waals surface area (Å²) in [6.45, 7) is 4.37. The molecule has 0 spiro atoms. The number of hydrogen-bond acceptors (Lipinski definition) is 6. The smallest absolute Gasteiger partial charge is 0.289 e. The van der Waals surface area contributed by atoms with E-state index in [-0.39, 0.29) is 40.6 Å². The summed E-state index contributed by atoms with van der Waals surface area (Å²) < 4.78 is 37.2. The van der Waals surface area contributed by atoms with E-state index in [9.17, 15) is 13.2 Å². The van der Waals surface area contributed by atoms with Crippen LogP contribution < -0.4 is 0 Å². The third-order valence-corrected chi connectivity index (χ3v) is 6.44. The third-order valence-electron chi connectivity index (χ3n) is 4.09. The van der Waals surface area contributed by atoms with Crippen LogP contribution in [0.5, 0.6) is 0 Å². The number of carbonyl (C=O) groups is 1. The summed E-state index contributed by atoms with van der Waals surface area (Å²) in [5.41, 5.74) is 0.333. The highest BCUT2D eigenvalue weighted by molar-refractivity contribution is 7.89. The molecule has 1 saturated heterocycles. The van der Waals surface area contributed by atoms with Crippen LogP contribution in [-0.4, -0.2) is 54.9 Å². The Balaban J connectivity index is 1.76. The minimum absolute atomic E-state index is 0.102. The lowest BCUT2D eigenvalue weighted by molar-refractivity contribution is 0.0732. The fraction of sp³-hybridized carbons (Fsp3) is 0.467. The molecule has 0 unspecified atom stereocenters. The lowest BCUT2D eigenvalue weighted by Crippen LogP contribution is -2.37. The normalized spacial score (nSPS) is 16.8. The Morgan fingerprint density at radius 2 is 1.96 bits per heavy atom. The number of amides is 1. The highest BCUT2D eigenvalue weighted by Gasteiger charge is 2.33. The van der Waals surface area contributed by atoms with Gasteiger partial charge in [0.1, 0.15) is 10.6 Å². The first-order chi connectivity index (χ1) is 11.8. The Kier molecular flexibility index (Phi) is 4.90. The summed E-state index contributed by atoms with van der Waals surface area (Å²) >= 11 is 5.71. The van der Waals surface area contributed by atoms with Gasteiger partial charge in [0.05, 0.1) is 0 Å². The van der Waals surface area contributed by atoms with Gasteiger partial charge in [-0.1, -0.05) is 5.16 Å². The summed E-state index contributed by atoms with van der Waals surface area (Å²) in [6, 6.07) is 3.01. The van der Waals surface area contributed by atoms with Gasteiger partial charge in [-0.3, -0.25) is 4.79 Å². The monoisotopic (exact) mass is 387 g/mol. The first-order valence-electron chi connectivity index (χ1n) is 7.78. The van der Waals surface area contributed by atoms with Crippen LogP contribution in [0.2, 0.25) is 5.22 Å². The van der Waals surface area contributed by atoms with Gasteiger partial charge in [0.2, 0.25) is 10.0 Å². The molecule has 0 aromatic carbocycles. The van der Waals surface area contributed by atoms with E-state index in [2.05, 4.69) is 5.16 Å². The van der Waals surface area contributed by atoms with Crippen LogP contribution in [0.3, 0.4) is 0 Å². The summed E-state index contributed by atoms with van der Waals surface area (Å²) in [5, 5.41) is 3.86. The second kappa shape index (κ2) is 6.81. The molecule has 1 aliphatic heterocycles. The second-order valence-electron chi connectivity index (χ2n) is 5.81. The van der Waals surface area contributed by atoms with Crippen LogP contribution in [0, 0.1) is 13.8 Å². The van der Waals surface area contributed by atoms with Crippen molar-refractivity contribution >= 4 is 27.5 Å². The Bertz CT molecular complexity index is 869. The number of hydrogen-bond donors (Lipinski definition) is 0. The molecule has 3 heterocycles. The van der Waals surface area contributed by atoms with Crippen molar-refractivity contribution < 1.29 is 22.2 Å². The molecule has 1 amide bonds. The molecule has 25 heavy (non-hydrogen) atoms. The average molecular weight is 388 g/mol. The molecule has 0 aliphatic carbocycles. The van der Waals surface area contributed by atoms with Crippen molar-refractivity contribution in [2.45, 2.75) is 25.2 Å². The minimum atomic E-state index is -3.72. The minimum Gasteiger partial charge on any atom is -0.440 e. The Labute approximate surface area is 150 Å².